The van der Waals surface area contributed by atoms with Crippen molar-refractivity contribution in [1.29, 1.82) is 0 Å². The van der Waals surface area contributed by atoms with Gasteiger partial charge in [0.1, 0.15) is 5.75 Å². The van der Waals surface area contributed by atoms with E-state index < -0.39 is 11.8 Å². The first-order valence-corrected chi connectivity index (χ1v) is 9.71. The van der Waals surface area contributed by atoms with Gasteiger partial charge in [0.15, 0.2) is 6.61 Å². The predicted octanol–water partition coefficient (Wildman–Crippen LogP) is 3.01. The molecule has 7 nitrogen and oxygen atoms in total. The number of aromatic nitrogens is 2. The predicted molar refractivity (Wildman–Crippen MR) is 114 cm³/mol. The van der Waals surface area contributed by atoms with Gasteiger partial charge >= 0.3 is 0 Å². The van der Waals surface area contributed by atoms with Crippen LogP contribution in [-0.2, 0) is 11.3 Å². The first kappa shape index (κ1) is 21.1. The Hall–Kier alpha value is -3.61. The molecule has 2 N–H and O–H groups in total. The number of hydrogen-bond donors (Lipinski definition) is 2. The van der Waals surface area contributed by atoms with Gasteiger partial charge in [-0.3, -0.25) is 25.1 Å². The molecule has 0 spiro atoms. The fourth-order valence-electron chi connectivity index (χ4n) is 3.33. The van der Waals surface area contributed by atoms with Gasteiger partial charge in [-0.15, -0.1) is 0 Å². The normalized spacial score (nSPS) is 10.5. The zero-order valence-corrected chi connectivity index (χ0v) is 17.7. The number of amides is 2. The van der Waals surface area contributed by atoms with Gasteiger partial charge in [0.05, 0.1) is 17.8 Å². The summed E-state index contributed by atoms with van der Waals surface area (Å²) in [5, 5.41) is 4.46. The molecule has 2 amide bonds. The highest BCUT2D eigenvalue weighted by Crippen LogP contribution is 2.16. The fourth-order valence-corrected chi connectivity index (χ4v) is 3.33. The van der Waals surface area contributed by atoms with Crippen LogP contribution in [-0.4, -0.2) is 28.2 Å². The molecule has 0 aliphatic carbocycles. The van der Waals surface area contributed by atoms with E-state index in [0.717, 1.165) is 22.4 Å². The summed E-state index contributed by atoms with van der Waals surface area (Å²) >= 11 is 0. The second-order valence-corrected chi connectivity index (χ2v) is 7.30. The number of nitrogens with one attached hydrogen (secondary N) is 2. The highest BCUT2D eigenvalue weighted by molar-refractivity contribution is 5.97. The Balaban J connectivity index is 1.57. The number of hydrogen-bond acceptors (Lipinski definition) is 4. The van der Waals surface area contributed by atoms with Crippen molar-refractivity contribution in [3.8, 4) is 5.75 Å². The molecular weight excluding hydrogens is 380 g/mol. The van der Waals surface area contributed by atoms with Crippen LogP contribution in [0, 0.1) is 27.7 Å². The number of hydrazine groups is 1. The molecule has 3 aromatic rings. The molecule has 0 unspecified atom stereocenters. The van der Waals surface area contributed by atoms with Crippen molar-refractivity contribution in [2.75, 3.05) is 6.61 Å². The van der Waals surface area contributed by atoms with Gasteiger partial charge in [-0.1, -0.05) is 36.4 Å². The maximum atomic E-state index is 12.6. The third kappa shape index (κ3) is 5.26. The Labute approximate surface area is 176 Å². The van der Waals surface area contributed by atoms with Crippen molar-refractivity contribution in [3.05, 3.63) is 82.2 Å². The van der Waals surface area contributed by atoms with Crippen molar-refractivity contribution in [3.63, 3.8) is 0 Å². The summed E-state index contributed by atoms with van der Waals surface area (Å²) in [6, 6.07) is 15.6. The van der Waals surface area contributed by atoms with E-state index >= 15 is 0 Å². The van der Waals surface area contributed by atoms with Gasteiger partial charge in [-0.05, 0) is 56.5 Å². The molecule has 1 heterocycles. The molecule has 156 valence electrons. The molecule has 0 saturated carbocycles. The van der Waals surface area contributed by atoms with Crippen LogP contribution < -0.4 is 15.6 Å². The third-order valence-electron chi connectivity index (χ3n) is 4.66. The Morgan fingerprint density at radius 1 is 0.967 bits per heavy atom. The van der Waals surface area contributed by atoms with E-state index in [-0.39, 0.29) is 6.61 Å². The fraction of sp³-hybridized carbons (Fsp3) is 0.261. The maximum absolute atomic E-state index is 12.6. The summed E-state index contributed by atoms with van der Waals surface area (Å²) < 4.78 is 7.29. The minimum atomic E-state index is -0.450. The number of carbonyl (C=O) groups excluding carboxylic acids is 2. The molecule has 0 aliphatic heterocycles. The number of benzene rings is 2. The number of rotatable bonds is 6. The lowest BCUT2D eigenvalue weighted by atomic mass is 10.1. The molecule has 30 heavy (non-hydrogen) atoms. The van der Waals surface area contributed by atoms with Crippen LogP contribution in [0.25, 0.3) is 0 Å². The van der Waals surface area contributed by atoms with Gasteiger partial charge < -0.3 is 4.74 Å². The van der Waals surface area contributed by atoms with Crippen molar-refractivity contribution in [2.45, 2.75) is 34.2 Å². The molecule has 0 fully saturated rings. The van der Waals surface area contributed by atoms with Crippen LogP contribution in [0.1, 0.15) is 38.4 Å². The summed E-state index contributed by atoms with van der Waals surface area (Å²) in [5.74, 6) is -0.249. The second-order valence-electron chi connectivity index (χ2n) is 7.30. The van der Waals surface area contributed by atoms with E-state index in [1.165, 1.54) is 0 Å². The van der Waals surface area contributed by atoms with E-state index in [4.69, 9.17) is 4.74 Å². The summed E-state index contributed by atoms with van der Waals surface area (Å²) in [4.78, 5) is 24.7. The third-order valence-corrected chi connectivity index (χ3v) is 4.66. The molecule has 0 radical (unpaired) electrons. The standard InChI is InChI=1S/C23H26N4O3/c1-15-10-16(2)12-20(11-15)30-14-21(28)24-25-23(29)22-17(3)26-27(18(22)4)13-19-8-6-5-7-9-19/h5-12H,13-14H2,1-4H3,(H,24,28)(H,25,29). The number of carbonyl (C=O) groups is 2. The number of nitrogens with zero attached hydrogens (tertiary/aromatic N) is 2. The second kappa shape index (κ2) is 9.26. The zero-order valence-electron chi connectivity index (χ0n) is 17.7. The smallest absolute Gasteiger partial charge is 0.276 e. The van der Waals surface area contributed by atoms with Crippen LogP contribution in [0.15, 0.2) is 48.5 Å². The van der Waals surface area contributed by atoms with Crippen LogP contribution in [0.3, 0.4) is 0 Å². The van der Waals surface area contributed by atoms with Crippen LogP contribution in [0.5, 0.6) is 5.75 Å². The molecule has 3 rings (SSSR count). The lowest BCUT2D eigenvalue weighted by molar-refractivity contribution is -0.123. The molecule has 0 bridgehead atoms. The maximum Gasteiger partial charge on any atom is 0.276 e. The van der Waals surface area contributed by atoms with Crippen molar-refractivity contribution in [1.82, 2.24) is 20.6 Å². The van der Waals surface area contributed by atoms with Gasteiger partial charge in [-0.25, -0.2) is 0 Å². The number of ether oxygens (including phenoxy) is 1. The van der Waals surface area contributed by atoms with E-state index in [1.807, 2.05) is 69.3 Å². The van der Waals surface area contributed by atoms with Gasteiger partial charge in [-0.2, -0.15) is 5.10 Å². The van der Waals surface area contributed by atoms with E-state index in [1.54, 1.807) is 11.6 Å². The van der Waals surface area contributed by atoms with Crippen LogP contribution in [0.2, 0.25) is 0 Å². The summed E-state index contributed by atoms with van der Waals surface area (Å²) in [7, 11) is 0. The lowest BCUT2D eigenvalue weighted by Gasteiger charge is -2.10. The first-order chi connectivity index (χ1) is 14.3. The lowest BCUT2D eigenvalue weighted by Crippen LogP contribution is -2.44. The van der Waals surface area contributed by atoms with Gasteiger partial charge in [0.2, 0.25) is 0 Å². The summed E-state index contributed by atoms with van der Waals surface area (Å²) in [5.41, 5.74) is 9.81. The van der Waals surface area contributed by atoms with Crippen molar-refractivity contribution in [2.24, 2.45) is 0 Å². The Morgan fingerprint density at radius 2 is 1.63 bits per heavy atom. The molecule has 7 heteroatoms. The van der Waals surface area contributed by atoms with Crippen LogP contribution >= 0.6 is 0 Å². The molecule has 0 atom stereocenters. The van der Waals surface area contributed by atoms with Crippen molar-refractivity contribution < 1.29 is 14.3 Å². The Kier molecular flexibility index (Phi) is 6.51. The largest absolute Gasteiger partial charge is 0.484 e. The van der Waals surface area contributed by atoms with Crippen molar-refractivity contribution >= 4 is 11.8 Å². The summed E-state index contributed by atoms with van der Waals surface area (Å²) in [6.07, 6.45) is 0. The molecule has 2 aromatic carbocycles. The Morgan fingerprint density at radius 3 is 2.30 bits per heavy atom. The van der Waals surface area contributed by atoms with E-state index in [0.29, 0.717) is 23.6 Å². The quantitative estimate of drug-likeness (QED) is 0.617. The molecule has 0 saturated heterocycles. The van der Waals surface area contributed by atoms with E-state index in [9.17, 15) is 9.59 Å². The molecular formula is C23H26N4O3. The first-order valence-electron chi connectivity index (χ1n) is 9.71. The average Bonchev–Trinajstić information content (AvgIpc) is 2.97. The zero-order chi connectivity index (χ0) is 21.7. The highest BCUT2D eigenvalue weighted by atomic mass is 16.5. The topological polar surface area (TPSA) is 85.2 Å². The van der Waals surface area contributed by atoms with Crippen LogP contribution in [0.4, 0.5) is 0 Å². The summed E-state index contributed by atoms with van der Waals surface area (Å²) in [6.45, 7) is 7.90. The Bertz CT molecular complexity index is 1040. The van der Waals surface area contributed by atoms with Gasteiger partial charge in [0.25, 0.3) is 11.8 Å². The van der Waals surface area contributed by atoms with E-state index in [2.05, 4.69) is 16.0 Å². The SMILES string of the molecule is Cc1cc(C)cc(OCC(=O)NNC(=O)c2c(C)nn(Cc3ccccc3)c2C)c1. The van der Waals surface area contributed by atoms with Gasteiger partial charge in [0, 0.05) is 5.69 Å². The minimum Gasteiger partial charge on any atom is -0.484 e. The average molecular weight is 406 g/mol. The molecule has 0 aliphatic rings. The molecule has 1 aromatic heterocycles. The highest BCUT2D eigenvalue weighted by Gasteiger charge is 2.19. The minimum absolute atomic E-state index is 0.200. The monoisotopic (exact) mass is 406 g/mol. The number of aryl methyl sites for hydroxylation is 3.